The average Bonchev–Trinajstić information content (AvgIpc) is 2.64. The van der Waals surface area contributed by atoms with Crippen LogP contribution in [0.4, 0.5) is 0 Å². The smallest absolute Gasteiger partial charge is 0.264 e. The van der Waals surface area contributed by atoms with E-state index in [-0.39, 0.29) is 66.1 Å². The molecule has 33 heavy (non-hydrogen) atoms. The largest absolute Gasteiger partial charge is 0.381 e. The van der Waals surface area contributed by atoms with Crippen molar-refractivity contribution in [3.05, 3.63) is 0 Å². The van der Waals surface area contributed by atoms with Crippen LogP contribution in [0.15, 0.2) is 0 Å². The summed E-state index contributed by atoms with van der Waals surface area (Å²) in [4.78, 5) is 0. The second-order valence-electron chi connectivity index (χ2n) is 7.29. The van der Waals surface area contributed by atoms with Gasteiger partial charge >= 0.3 is 0 Å². The van der Waals surface area contributed by atoms with E-state index in [0.717, 1.165) is 25.2 Å². The molecule has 13 nitrogen and oxygen atoms in total. The van der Waals surface area contributed by atoms with Gasteiger partial charge < -0.3 is 18.9 Å². The van der Waals surface area contributed by atoms with E-state index in [9.17, 15) is 25.3 Å². The van der Waals surface area contributed by atoms with Crippen LogP contribution in [-0.2, 0) is 61.9 Å². The summed E-state index contributed by atoms with van der Waals surface area (Å²) in [5.41, 5.74) is -0.865. The van der Waals surface area contributed by atoms with E-state index >= 15 is 0 Å². The molecule has 0 heterocycles. The third kappa shape index (κ3) is 21.8. The Labute approximate surface area is 197 Å². The molecule has 0 atom stereocenters. The van der Waals surface area contributed by atoms with E-state index in [1.165, 1.54) is 0 Å². The van der Waals surface area contributed by atoms with Crippen molar-refractivity contribution < 1.29 is 56.8 Å². The second-order valence-corrected chi connectivity index (χ2v) is 12.2. The molecule has 0 radical (unpaired) electrons. The molecule has 16 heteroatoms. The molecular weight excluding hydrogens is 508 g/mol. The Morgan fingerprint density at radius 2 is 0.758 bits per heavy atom. The van der Waals surface area contributed by atoms with E-state index in [4.69, 9.17) is 18.9 Å². The minimum absolute atomic E-state index is 0.0308. The highest BCUT2D eigenvalue weighted by Crippen LogP contribution is 2.21. The van der Waals surface area contributed by atoms with E-state index in [0.29, 0.717) is 6.61 Å². The zero-order valence-corrected chi connectivity index (χ0v) is 22.0. The molecule has 0 aromatic rings. The maximum atomic E-state index is 11.1. The van der Waals surface area contributed by atoms with Gasteiger partial charge in [-0.1, -0.05) is 6.92 Å². The van der Waals surface area contributed by atoms with E-state index < -0.39 is 35.8 Å². The second kappa shape index (κ2) is 16.3. The van der Waals surface area contributed by atoms with Gasteiger partial charge in [0.1, 0.15) is 0 Å². The van der Waals surface area contributed by atoms with Crippen molar-refractivity contribution in [2.45, 2.75) is 13.3 Å². The van der Waals surface area contributed by atoms with Crippen molar-refractivity contribution in [1.29, 1.82) is 0 Å². The maximum Gasteiger partial charge on any atom is 0.264 e. The van der Waals surface area contributed by atoms with Gasteiger partial charge in [0.25, 0.3) is 30.4 Å². The molecule has 0 aliphatic carbocycles. The van der Waals surface area contributed by atoms with E-state index in [1.54, 1.807) is 0 Å². The van der Waals surface area contributed by atoms with Crippen LogP contribution in [0.3, 0.4) is 0 Å². The van der Waals surface area contributed by atoms with Crippen LogP contribution in [0.25, 0.3) is 0 Å². The topological polar surface area (TPSA) is 167 Å². The van der Waals surface area contributed by atoms with Crippen molar-refractivity contribution in [2.24, 2.45) is 5.41 Å². The first kappa shape index (κ1) is 32.6. The summed E-state index contributed by atoms with van der Waals surface area (Å²) in [6.07, 6.45) is 3.53. The Kier molecular flexibility index (Phi) is 16.1. The lowest BCUT2D eigenvalue weighted by Gasteiger charge is -2.33. The highest BCUT2D eigenvalue weighted by atomic mass is 32.2. The zero-order valence-electron chi connectivity index (χ0n) is 19.5. The molecule has 0 aliphatic heterocycles. The highest BCUT2D eigenvalue weighted by molar-refractivity contribution is 7.86. The van der Waals surface area contributed by atoms with Gasteiger partial charge in [0, 0.05) is 6.61 Å². The van der Waals surface area contributed by atoms with Crippen LogP contribution in [0, 0.1) is 5.41 Å². The molecule has 0 unspecified atom stereocenters. The minimum atomic E-state index is -3.60. The molecule has 200 valence electrons. The van der Waals surface area contributed by atoms with Crippen LogP contribution in [0.2, 0.25) is 0 Å². The molecule has 0 amide bonds. The van der Waals surface area contributed by atoms with Gasteiger partial charge in [-0.3, -0.25) is 12.5 Å². The SMILES string of the molecule is CCCOCC(COCCOS(C)(=O)=O)(COCCOS(C)(=O)=O)COCCOS(C)(=O)=O. The Morgan fingerprint density at radius 3 is 1.00 bits per heavy atom. The van der Waals surface area contributed by atoms with Crippen LogP contribution in [-0.4, -0.2) is 117 Å². The highest BCUT2D eigenvalue weighted by Gasteiger charge is 2.32. The minimum Gasteiger partial charge on any atom is -0.381 e. The van der Waals surface area contributed by atoms with Gasteiger partial charge in [0.2, 0.25) is 0 Å². The monoisotopic (exact) mass is 544 g/mol. The Bertz CT molecular complexity index is 720. The Hall–Kier alpha value is -0.430. The first-order valence-corrected chi connectivity index (χ1v) is 15.5. The molecule has 0 saturated heterocycles. The third-order valence-electron chi connectivity index (χ3n) is 3.56. The molecule has 0 aliphatic rings. The molecule has 0 fully saturated rings. The van der Waals surface area contributed by atoms with Gasteiger partial charge in [-0.15, -0.1) is 0 Å². The molecule has 0 N–H and O–H groups in total. The molecule has 0 aromatic heterocycles. The number of hydrogen-bond acceptors (Lipinski definition) is 13. The predicted molar refractivity (Wildman–Crippen MR) is 118 cm³/mol. The molecular formula is C17H36O13S3. The molecule has 0 spiro atoms. The van der Waals surface area contributed by atoms with E-state index in [2.05, 4.69) is 12.5 Å². The van der Waals surface area contributed by atoms with Crippen LogP contribution in [0.5, 0.6) is 0 Å². The molecule has 0 saturated carbocycles. The van der Waals surface area contributed by atoms with Crippen LogP contribution < -0.4 is 0 Å². The summed E-state index contributed by atoms with van der Waals surface area (Å²) >= 11 is 0. The van der Waals surface area contributed by atoms with Gasteiger partial charge in [-0.05, 0) is 6.42 Å². The normalized spacial score (nSPS) is 13.5. The Morgan fingerprint density at radius 1 is 0.485 bits per heavy atom. The zero-order chi connectivity index (χ0) is 25.4. The fourth-order valence-electron chi connectivity index (χ4n) is 2.28. The number of rotatable bonds is 22. The number of hydrogen-bond donors (Lipinski definition) is 0. The van der Waals surface area contributed by atoms with Crippen molar-refractivity contribution in [3.8, 4) is 0 Å². The summed E-state index contributed by atoms with van der Waals surface area (Å²) in [6.45, 7) is 1.98. The quantitative estimate of drug-likeness (QED) is 0.125. The summed E-state index contributed by atoms with van der Waals surface area (Å²) in [7, 11) is -10.8. The lowest BCUT2D eigenvalue weighted by molar-refractivity contribution is -0.111. The van der Waals surface area contributed by atoms with Crippen LogP contribution in [0.1, 0.15) is 13.3 Å². The van der Waals surface area contributed by atoms with Crippen molar-refractivity contribution in [3.63, 3.8) is 0 Å². The van der Waals surface area contributed by atoms with E-state index in [1.807, 2.05) is 6.92 Å². The fraction of sp³-hybridized carbons (Fsp3) is 1.00. The van der Waals surface area contributed by atoms with Crippen molar-refractivity contribution in [2.75, 3.05) is 91.4 Å². The maximum absolute atomic E-state index is 11.1. The molecule has 0 bridgehead atoms. The summed E-state index contributed by atoms with van der Waals surface area (Å²) in [5, 5.41) is 0. The van der Waals surface area contributed by atoms with Gasteiger partial charge in [0.15, 0.2) is 0 Å². The predicted octanol–water partition coefficient (Wildman–Crippen LogP) is -0.622. The Balaban J connectivity index is 5.00. The molecule has 0 aromatic carbocycles. The third-order valence-corrected chi connectivity index (χ3v) is 5.34. The first-order chi connectivity index (χ1) is 15.2. The summed E-state index contributed by atoms with van der Waals surface area (Å²) in [6, 6.07) is 0. The average molecular weight is 545 g/mol. The summed E-state index contributed by atoms with van der Waals surface area (Å²) < 4.78 is 103. The first-order valence-electron chi connectivity index (χ1n) is 10.0. The van der Waals surface area contributed by atoms with Gasteiger partial charge in [-0.2, -0.15) is 25.3 Å². The standard InChI is InChI=1S/C17H36O13S3/c1-5-6-24-13-17(14-25-7-10-28-31(2,18)19,15-26-8-11-29-32(3,20)21)16-27-9-12-30-33(4,22)23/h5-16H2,1-4H3. The lowest BCUT2D eigenvalue weighted by Crippen LogP contribution is -2.42. The fourth-order valence-corrected chi connectivity index (χ4v) is 3.39. The number of ether oxygens (including phenoxy) is 4. The van der Waals surface area contributed by atoms with Gasteiger partial charge in [0.05, 0.1) is 90.3 Å². The summed E-state index contributed by atoms with van der Waals surface area (Å²) in [5.74, 6) is 0. The van der Waals surface area contributed by atoms with Crippen LogP contribution >= 0.6 is 0 Å². The lowest BCUT2D eigenvalue weighted by atomic mass is 9.92. The van der Waals surface area contributed by atoms with Crippen molar-refractivity contribution in [1.82, 2.24) is 0 Å². The van der Waals surface area contributed by atoms with Crippen molar-refractivity contribution >= 4 is 30.4 Å². The van der Waals surface area contributed by atoms with Gasteiger partial charge in [-0.25, -0.2) is 0 Å². The molecule has 0 rings (SSSR count).